The summed E-state index contributed by atoms with van der Waals surface area (Å²) in [6.45, 7) is 1.87. The van der Waals surface area contributed by atoms with E-state index in [4.69, 9.17) is 27.9 Å². The lowest BCUT2D eigenvalue weighted by Crippen LogP contribution is -2.20. The number of carbonyl (C=O) groups excluding carboxylic acids is 1. The van der Waals surface area contributed by atoms with Gasteiger partial charge in [-0.05, 0) is 49.4 Å². The number of aryl methyl sites for hydroxylation is 1. The van der Waals surface area contributed by atoms with Crippen LogP contribution >= 0.6 is 23.2 Å². The first-order valence-corrected chi connectivity index (χ1v) is 9.07. The minimum absolute atomic E-state index is 0.166. The van der Waals surface area contributed by atoms with Crippen LogP contribution in [0.15, 0.2) is 66.7 Å². The van der Waals surface area contributed by atoms with E-state index in [1.807, 2.05) is 55.5 Å². The Hall–Kier alpha value is -2.69. The first-order chi connectivity index (χ1) is 13.0. The van der Waals surface area contributed by atoms with E-state index in [0.717, 1.165) is 11.4 Å². The van der Waals surface area contributed by atoms with Crippen LogP contribution in [0.4, 0.5) is 17.1 Å². The molecule has 3 aromatic carbocycles. The molecule has 6 heteroatoms. The molecule has 27 heavy (non-hydrogen) atoms. The molecular formula is C21H18Cl2N2O2. The maximum atomic E-state index is 12.3. The van der Waals surface area contributed by atoms with Gasteiger partial charge in [0.05, 0.1) is 16.4 Å². The molecule has 0 atom stereocenters. The number of hydrogen-bond acceptors (Lipinski definition) is 3. The molecule has 3 aromatic rings. The van der Waals surface area contributed by atoms with Gasteiger partial charge in [-0.3, -0.25) is 4.79 Å². The lowest BCUT2D eigenvalue weighted by atomic mass is 10.2. The van der Waals surface area contributed by atoms with Crippen LogP contribution in [0.1, 0.15) is 5.56 Å². The van der Waals surface area contributed by atoms with Gasteiger partial charge < -0.3 is 15.4 Å². The minimum Gasteiger partial charge on any atom is -0.482 e. The van der Waals surface area contributed by atoms with E-state index in [9.17, 15) is 4.79 Å². The Kier molecular flexibility index (Phi) is 6.22. The molecule has 0 aliphatic carbocycles. The summed E-state index contributed by atoms with van der Waals surface area (Å²) >= 11 is 11.9. The molecule has 0 unspecified atom stereocenters. The maximum absolute atomic E-state index is 12.3. The van der Waals surface area contributed by atoms with E-state index >= 15 is 0 Å². The van der Waals surface area contributed by atoms with E-state index in [1.54, 1.807) is 18.2 Å². The summed E-state index contributed by atoms with van der Waals surface area (Å²) in [5.74, 6) is 0.112. The average molecular weight is 401 g/mol. The molecule has 0 saturated carbocycles. The van der Waals surface area contributed by atoms with E-state index in [0.29, 0.717) is 21.5 Å². The van der Waals surface area contributed by atoms with E-state index in [2.05, 4.69) is 10.6 Å². The van der Waals surface area contributed by atoms with Crippen LogP contribution in [-0.2, 0) is 4.79 Å². The molecule has 0 aliphatic heterocycles. The zero-order valence-electron chi connectivity index (χ0n) is 14.6. The number of anilines is 3. The normalized spacial score (nSPS) is 10.3. The van der Waals surface area contributed by atoms with Crippen LogP contribution in [0.2, 0.25) is 10.0 Å². The van der Waals surface area contributed by atoms with Crippen molar-refractivity contribution >= 4 is 46.2 Å². The summed E-state index contributed by atoms with van der Waals surface area (Å²) in [5, 5.41) is 7.02. The van der Waals surface area contributed by atoms with Gasteiger partial charge in [-0.1, -0.05) is 53.0 Å². The number of carbonyl (C=O) groups is 1. The van der Waals surface area contributed by atoms with Crippen molar-refractivity contribution in [1.82, 2.24) is 0 Å². The Morgan fingerprint density at radius 3 is 2.37 bits per heavy atom. The lowest BCUT2D eigenvalue weighted by Gasteiger charge is -2.14. The highest BCUT2D eigenvalue weighted by molar-refractivity contribution is 6.35. The number of nitrogens with one attached hydrogen (secondary N) is 2. The first kappa shape index (κ1) is 19.1. The minimum atomic E-state index is -0.292. The smallest absolute Gasteiger partial charge is 0.262 e. The molecule has 4 nitrogen and oxygen atoms in total. The summed E-state index contributed by atoms with van der Waals surface area (Å²) < 4.78 is 5.47. The lowest BCUT2D eigenvalue weighted by molar-refractivity contribution is -0.118. The van der Waals surface area contributed by atoms with Crippen molar-refractivity contribution < 1.29 is 9.53 Å². The SMILES string of the molecule is Cc1ccc(Nc2ccccc2NC(=O)COc2ccc(Cl)cc2Cl)cc1. The molecule has 0 fully saturated rings. The number of benzene rings is 3. The standard InChI is InChI=1S/C21H18Cl2N2O2/c1-14-6-9-16(10-7-14)24-18-4-2-3-5-19(18)25-21(26)13-27-20-11-8-15(22)12-17(20)23/h2-12,24H,13H2,1H3,(H,25,26). The van der Waals surface area contributed by atoms with Crippen LogP contribution < -0.4 is 15.4 Å². The van der Waals surface area contributed by atoms with Crippen LogP contribution in [0.25, 0.3) is 0 Å². The molecule has 0 aromatic heterocycles. The molecule has 0 spiro atoms. The van der Waals surface area contributed by atoms with Gasteiger partial charge in [-0.25, -0.2) is 0 Å². The van der Waals surface area contributed by atoms with Gasteiger partial charge >= 0.3 is 0 Å². The number of amides is 1. The molecule has 2 N–H and O–H groups in total. The number of para-hydroxylation sites is 2. The Balaban J connectivity index is 1.64. The molecular weight excluding hydrogens is 383 g/mol. The van der Waals surface area contributed by atoms with Crippen LogP contribution in [0.3, 0.4) is 0 Å². The van der Waals surface area contributed by atoms with Crippen molar-refractivity contribution in [3.05, 3.63) is 82.3 Å². The fourth-order valence-electron chi connectivity index (χ4n) is 2.42. The summed E-state index contributed by atoms with van der Waals surface area (Å²) in [4.78, 5) is 12.3. The molecule has 138 valence electrons. The fraction of sp³-hybridized carbons (Fsp3) is 0.0952. The Morgan fingerprint density at radius 1 is 0.963 bits per heavy atom. The largest absolute Gasteiger partial charge is 0.482 e. The predicted octanol–water partition coefficient (Wildman–Crippen LogP) is 6.06. The zero-order valence-corrected chi connectivity index (χ0v) is 16.1. The van der Waals surface area contributed by atoms with Gasteiger partial charge in [-0.2, -0.15) is 0 Å². The number of rotatable bonds is 6. The van der Waals surface area contributed by atoms with Crippen molar-refractivity contribution in [2.24, 2.45) is 0 Å². The van der Waals surface area contributed by atoms with Gasteiger partial charge in [0.1, 0.15) is 5.75 Å². The van der Waals surface area contributed by atoms with Crippen LogP contribution in [-0.4, -0.2) is 12.5 Å². The summed E-state index contributed by atoms with van der Waals surface area (Å²) in [6, 6.07) is 20.3. The van der Waals surface area contributed by atoms with Gasteiger partial charge in [0.15, 0.2) is 6.61 Å². The summed E-state index contributed by atoms with van der Waals surface area (Å²) in [7, 11) is 0. The van der Waals surface area contributed by atoms with E-state index in [-0.39, 0.29) is 12.5 Å². The quantitative estimate of drug-likeness (QED) is 0.528. The topological polar surface area (TPSA) is 50.4 Å². The third kappa shape index (κ3) is 5.39. The van der Waals surface area contributed by atoms with Gasteiger partial charge in [0, 0.05) is 10.7 Å². The van der Waals surface area contributed by atoms with Crippen LogP contribution in [0.5, 0.6) is 5.75 Å². The summed E-state index contributed by atoms with van der Waals surface area (Å²) in [5.41, 5.74) is 3.57. The van der Waals surface area contributed by atoms with E-state index < -0.39 is 0 Å². The second-order valence-electron chi connectivity index (χ2n) is 5.95. The van der Waals surface area contributed by atoms with Gasteiger partial charge in [-0.15, -0.1) is 0 Å². The molecule has 3 rings (SSSR count). The Morgan fingerprint density at radius 2 is 1.67 bits per heavy atom. The summed E-state index contributed by atoms with van der Waals surface area (Å²) in [6.07, 6.45) is 0. The number of hydrogen-bond donors (Lipinski definition) is 2. The second kappa shape index (κ2) is 8.80. The third-order valence-electron chi connectivity index (χ3n) is 3.78. The molecule has 0 saturated heterocycles. The predicted molar refractivity (Wildman–Crippen MR) is 111 cm³/mol. The highest BCUT2D eigenvalue weighted by Gasteiger charge is 2.09. The zero-order chi connectivity index (χ0) is 19.2. The molecule has 0 heterocycles. The van der Waals surface area contributed by atoms with Crippen molar-refractivity contribution in [1.29, 1.82) is 0 Å². The fourth-order valence-corrected chi connectivity index (χ4v) is 2.88. The molecule has 0 aliphatic rings. The van der Waals surface area contributed by atoms with Crippen molar-refractivity contribution in [3.8, 4) is 5.75 Å². The first-order valence-electron chi connectivity index (χ1n) is 8.32. The molecule has 0 bridgehead atoms. The number of halogens is 2. The van der Waals surface area contributed by atoms with Gasteiger partial charge in [0.25, 0.3) is 5.91 Å². The highest BCUT2D eigenvalue weighted by atomic mass is 35.5. The van der Waals surface area contributed by atoms with E-state index in [1.165, 1.54) is 5.56 Å². The van der Waals surface area contributed by atoms with Crippen LogP contribution in [0, 0.1) is 6.92 Å². The second-order valence-corrected chi connectivity index (χ2v) is 6.79. The molecule has 1 amide bonds. The monoisotopic (exact) mass is 400 g/mol. The molecule has 0 radical (unpaired) electrons. The van der Waals surface area contributed by atoms with Crippen molar-refractivity contribution in [3.63, 3.8) is 0 Å². The third-order valence-corrected chi connectivity index (χ3v) is 4.31. The Labute approximate surface area is 168 Å². The average Bonchev–Trinajstić information content (AvgIpc) is 2.64. The van der Waals surface area contributed by atoms with Crippen molar-refractivity contribution in [2.45, 2.75) is 6.92 Å². The Bertz CT molecular complexity index is 943. The van der Waals surface area contributed by atoms with Crippen molar-refractivity contribution in [2.75, 3.05) is 17.2 Å². The van der Waals surface area contributed by atoms with Gasteiger partial charge in [0.2, 0.25) is 0 Å². The maximum Gasteiger partial charge on any atom is 0.262 e. The highest BCUT2D eigenvalue weighted by Crippen LogP contribution is 2.28. The number of ether oxygens (including phenoxy) is 1.